The Morgan fingerprint density at radius 3 is 2.53 bits per heavy atom. The van der Waals surface area contributed by atoms with Crippen LogP contribution >= 0.6 is 0 Å². The Kier molecular flexibility index (Phi) is 2.24. The minimum Gasteiger partial charge on any atom is -0.361 e. The van der Waals surface area contributed by atoms with Crippen molar-refractivity contribution in [2.75, 3.05) is 0 Å². The van der Waals surface area contributed by atoms with Crippen LogP contribution in [0.1, 0.15) is 22.7 Å². The summed E-state index contributed by atoms with van der Waals surface area (Å²) in [5.74, 6) is -2.20. The van der Waals surface area contributed by atoms with Gasteiger partial charge in [0.05, 0.1) is 5.92 Å². The first-order valence-corrected chi connectivity index (χ1v) is 5.63. The number of benzene rings is 1. The summed E-state index contributed by atoms with van der Waals surface area (Å²) in [6, 6.07) is 12.9. The van der Waals surface area contributed by atoms with Gasteiger partial charge in [-0.1, -0.05) is 30.3 Å². The number of fused-ring (bicyclic) bond motifs is 1. The molecule has 1 unspecified atom stereocenters. The minimum atomic E-state index is -1.81. The highest BCUT2D eigenvalue weighted by Crippen LogP contribution is 2.44. The van der Waals surface area contributed by atoms with E-state index in [9.17, 15) is 10.2 Å². The maximum absolute atomic E-state index is 10.3. The standard InChI is InChI=1S/C14H13NO2/c16-14(17)11-6-2-1-5-10(11)9-12(14)13-7-3-4-8-15-13/h1-8,12,16-17H,9H2. The summed E-state index contributed by atoms with van der Waals surface area (Å²) in [6.07, 6.45) is 2.29. The molecule has 3 heteroatoms. The Hall–Kier alpha value is -1.71. The normalized spacial score (nSPS) is 21.2. The molecule has 17 heavy (non-hydrogen) atoms. The van der Waals surface area contributed by atoms with Gasteiger partial charge in [0.2, 0.25) is 0 Å². The van der Waals surface area contributed by atoms with Crippen molar-refractivity contribution in [1.82, 2.24) is 4.98 Å². The fraction of sp³-hybridized carbons (Fsp3) is 0.214. The Labute approximate surface area is 99.4 Å². The number of rotatable bonds is 1. The second kappa shape index (κ2) is 3.65. The van der Waals surface area contributed by atoms with E-state index >= 15 is 0 Å². The number of hydrogen-bond donors (Lipinski definition) is 2. The molecule has 1 heterocycles. The van der Waals surface area contributed by atoms with E-state index in [0.717, 1.165) is 5.56 Å². The van der Waals surface area contributed by atoms with E-state index in [1.165, 1.54) is 0 Å². The van der Waals surface area contributed by atoms with Crippen LogP contribution in [0.3, 0.4) is 0 Å². The lowest BCUT2D eigenvalue weighted by molar-refractivity contribution is -0.181. The molecule has 2 N–H and O–H groups in total. The van der Waals surface area contributed by atoms with Crippen LogP contribution in [0.15, 0.2) is 48.7 Å². The molecular formula is C14H13NO2. The summed E-state index contributed by atoms with van der Waals surface area (Å²) in [5.41, 5.74) is 2.29. The fourth-order valence-corrected chi connectivity index (χ4v) is 2.50. The summed E-state index contributed by atoms with van der Waals surface area (Å²) in [5, 5.41) is 20.6. The predicted octanol–water partition coefficient (Wildman–Crippen LogP) is 1.56. The highest BCUT2D eigenvalue weighted by atomic mass is 16.5. The number of nitrogens with zero attached hydrogens (tertiary/aromatic N) is 1. The molecule has 0 bridgehead atoms. The lowest BCUT2D eigenvalue weighted by Crippen LogP contribution is -2.29. The third-order valence-electron chi connectivity index (χ3n) is 3.37. The zero-order chi connectivity index (χ0) is 11.9. The molecule has 0 fully saturated rings. The first-order valence-electron chi connectivity index (χ1n) is 5.63. The van der Waals surface area contributed by atoms with Crippen LogP contribution in [0.2, 0.25) is 0 Å². The van der Waals surface area contributed by atoms with E-state index < -0.39 is 5.79 Å². The molecule has 1 aromatic heterocycles. The number of pyridine rings is 1. The first kappa shape index (κ1) is 10.4. The Morgan fingerprint density at radius 2 is 1.82 bits per heavy atom. The van der Waals surface area contributed by atoms with Crippen molar-refractivity contribution in [2.45, 2.75) is 18.1 Å². The van der Waals surface area contributed by atoms with Gasteiger partial charge in [0.25, 0.3) is 0 Å². The highest BCUT2D eigenvalue weighted by molar-refractivity contribution is 5.40. The molecule has 0 amide bonds. The SMILES string of the molecule is OC1(O)c2ccccc2CC1c1ccccn1. The van der Waals surface area contributed by atoms with Gasteiger partial charge in [0, 0.05) is 17.5 Å². The average molecular weight is 227 g/mol. The van der Waals surface area contributed by atoms with Crippen LogP contribution in [0.5, 0.6) is 0 Å². The van der Waals surface area contributed by atoms with Gasteiger partial charge in [-0.25, -0.2) is 0 Å². The maximum atomic E-state index is 10.3. The van der Waals surface area contributed by atoms with Gasteiger partial charge in [-0.3, -0.25) is 4.98 Å². The molecule has 3 nitrogen and oxygen atoms in total. The van der Waals surface area contributed by atoms with Gasteiger partial charge in [-0.05, 0) is 24.1 Å². The molecule has 0 aliphatic heterocycles. The molecule has 0 spiro atoms. The van der Waals surface area contributed by atoms with Crippen LogP contribution in [-0.4, -0.2) is 15.2 Å². The van der Waals surface area contributed by atoms with Gasteiger partial charge in [0.15, 0.2) is 5.79 Å². The molecule has 0 radical (unpaired) electrons. The second-order valence-corrected chi connectivity index (χ2v) is 4.39. The van der Waals surface area contributed by atoms with E-state index in [0.29, 0.717) is 17.7 Å². The zero-order valence-electron chi connectivity index (χ0n) is 9.24. The topological polar surface area (TPSA) is 53.4 Å². The Bertz CT molecular complexity index is 537. The van der Waals surface area contributed by atoms with Crippen LogP contribution in [0.4, 0.5) is 0 Å². The minimum absolute atomic E-state index is 0.388. The highest BCUT2D eigenvalue weighted by Gasteiger charge is 2.45. The summed E-state index contributed by atoms with van der Waals surface area (Å²) in [6.45, 7) is 0. The van der Waals surface area contributed by atoms with E-state index in [2.05, 4.69) is 4.98 Å². The van der Waals surface area contributed by atoms with Crippen LogP contribution in [0.25, 0.3) is 0 Å². The van der Waals surface area contributed by atoms with Crippen molar-refractivity contribution in [3.63, 3.8) is 0 Å². The molecule has 1 aliphatic carbocycles. The molecule has 1 aliphatic rings. The van der Waals surface area contributed by atoms with Crippen molar-refractivity contribution in [3.8, 4) is 0 Å². The van der Waals surface area contributed by atoms with Gasteiger partial charge in [-0.15, -0.1) is 0 Å². The lowest BCUT2D eigenvalue weighted by Gasteiger charge is -2.24. The van der Waals surface area contributed by atoms with E-state index in [1.807, 2.05) is 36.4 Å². The molecule has 3 rings (SSSR count). The summed E-state index contributed by atoms with van der Waals surface area (Å²) < 4.78 is 0. The second-order valence-electron chi connectivity index (χ2n) is 4.39. The maximum Gasteiger partial charge on any atom is 0.199 e. The average Bonchev–Trinajstić information content (AvgIpc) is 2.63. The number of hydrogen-bond acceptors (Lipinski definition) is 3. The third-order valence-corrected chi connectivity index (χ3v) is 3.37. The van der Waals surface area contributed by atoms with Gasteiger partial charge >= 0.3 is 0 Å². The van der Waals surface area contributed by atoms with Crippen LogP contribution in [-0.2, 0) is 12.2 Å². The summed E-state index contributed by atoms with van der Waals surface area (Å²) >= 11 is 0. The van der Waals surface area contributed by atoms with Crippen LogP contribution < -0.4 is 0 Å². The smallest absolute Gasteiger partial charge is 0.199 e. The van der Waals surface area contributed by atoms with Gasteiger partial charge in [0.1, 0.15) is 0 Å². The first-order chi connectivity index (χ1) is 8.19. The fourth-order valence-electron chi connectivity index (χ4n) is 2.50. The van der Waals surface area contributed by atoms with Crippen molar-refractivity contribution in [2.24, 2.45) is 0 Å². The number of aromatic nitrogens is 1. The molecule has 1 atom stereocenters. The zero-order valence-corrected chi connectivity index (χ0v) is 9.24. The lowest BCUT2D eigenvalue weighted by atomic mass is 9.95. The monoisotopic (exact) mass is 227 g/mol. The molecule has 0 saturated carbocycles. The third kappa shape index (κ3) is 1.55. The van der Waals surface area contributed by atoms with Gasteiger partial charge < -0.3 is 10.2 Å². The largest absolute Gasteiger partial charge is 0.361 e. The van der Waals surface area contributed by atoms with E-state index in [4.69, 9.17) is 0 Å². The van der Waals surface area contributed by atoms with E-state index in [1.54, 1.807) is 12.3 Å². The van der Waals surface area contributed by atoms with Crippen molar-refractivity contribution in [3.05, 3.63) is 65.5 Å². The summed E-state index contributed by atoms with van der Waals surface area (Å²) in [7, 11) is 0. The molecule has 0 saturated heterocycles. The van der Waals surface area contributed by atoms with Crippen molar-refractivity contribution in [1.29, 1.82) is 0 Å². The summed E-state index contributed by atoms with van der Waals surface area (Å²) in [4.78, 5) is 4.22. The molecule has 1 aromatic carbocycles. The van der Waals surface area contributed by atoms with Crippen molar-refractivity contribution < 1.29 is 10.2 Å². The molecule has 2 aromatic rings. The molecule has 86 valence electrons. The quantitative estimate of drug-likeness (QED) is 0.727. The van der Waals surface area contributed by atoms with E-state index in [-0.39, 0.29) is 5.92 Å². The number of aliphatic hydroxyl groups is 2. The predicted molar refractivity (Wildman–Crippen MR) is 63.2 cm³/mol. The molecular weight excluding hydrogens is 214 g/mol. The van der Waals surface area contributed by atoms with Crippen molar-refractivity contribution >= 4 is 0 Å². The Morgan fingerprint density at radius 1 is 1.06 bits per heavy atom. The Balaban J connectivity index is 2.07. The van der Waals surface area contributed by atoms with Gasteiger partial charge in [-0.2, -0.15) is 0 Å². The van der Waals surface area contributed by atoms with Crippen LogP contribution in [0, 0.1) is 0 Å².